The first-order valence-electron chi connectivity index (χ1n) is 9.50. The van der Waals surface area contributed by atoms with Crippen molar-refractivity contribution in [3.05, 3.63) is 89.7 Å². The largest absolute Gasteiger partial charge is 0.493 e. The highest BCUT2D eigenvalue weighted by molar-refractivity contribution is 5.76. The van der Waals surface area contributed by atoms with Crippen LogP contribution in [0.5, 0.6) is 11.5 Å². The summed E-state index contributed by atoms with van der Waals surface area (Å²) in [7, 11) is 1.66. The second-order valence-corrected chi connectivity index (χ2v) is 6.77. The highest BCUT2D eigenvalue weighted by atomic mass is 16.5. The van der Waals surface area contributed by atoms with E-state index in [1.807, 2.05) is 30.3 Å². The molecule has 0 aliphatic carbocycles. The Bertz CT molecular complexity index is 1080. The van der Waals surface area contributed by atoms with Crippen molar-refractivity contribution in [3.8, 4) is 11.5 Å². The molecule has 4 aromatic rings. The number of methoxy groups -OCH3 is 1. The van der Waals surface area contributed by atoms with Gasteiger partial charge in [-0.15, -0.1) is 0 Å². The van der Waals surface area contributed by atoms with Gasteiger partial charge in [0.15, 0.2) is 11.5 Å². The number of nitrogens with zero attached hydrogens (tertiary/aromatic N) is 2. The first-order valence-corrected chi connectivity index (χ1v) is 9.50. The molecule has 4 nitrogen and oxygen atoms in total. The number of aromatic nitrogens is 2. The summed E-state index contributed by atoms with van der Waals surface area (Å²) in [6, 6.07) is 24.5. The lowest BCUT2D eigenvalue weighted by atomic mass is 10.1. The molecule has 1 aromatic heterocycles. The van der Waals surface area contributed by atoms with Crippen molar-refractivity contribution in [2.75, 3.05) is 13.7 Å². The van der Waals surface area contributed by atoms with Gasteiger partial charge >= 0.3 is 0 Å². The van der Waals surface area contributed by atoms with Gasteiger partial charge in [-0.3, -0.25) is 0 Å². The van der Waals surface area contributed by atoms with Crippen molar-refractivity contribution >= 4 is 11.0 Å². The molecule has 0 fully saturated rings. The van der Waals surface area contributed by atoms with Gasteiger partial charge in [-0.1, -0.05) is 48.5 Å². The maximum atomic E-state index is 6.01. The molecule has 0 N–H and O–H groups in total. The summed E-state index contributed by atoms with van der Waals surface area (Å²) in [4.78, 5) is 4.89. The van der Waals surface area contributed by atoms with Gasteiger partial charge in [-0.05, 0) is 42.3 Å². The highest BCUT2D eigenvalue weighted by Gasteiger charge is 2.12. The van der Waals surface area contributed by atoms with Crippen LogP contribution in [0.4, 0.5) is 0 Å². The Morgan fingerprint density at radius 1 is 0.857 bits per heavy atom. The van der Waals surface area contributed by atoms with Crippen LogP contribution in [0.2, 0.25) is 0 Å². The first-order chi connectivity index (χ1) is 13.8. The van der Waals surface area contributed by atoms with E-state index in [0.717, 1.165) is 41.3 Å². The van der Waals surface area contributed by atoms with Crippen molar-refractivity contribution < 1.29 is 9.47 Å². The van der Waals surface area contributed by atoms with Crippen LogP contribution in [0.25, 0.3) is 11.0 Å². The maximum Gasteiger partial charge on any atom is 0.161 e. The zero-order valence-corrected chi connectivity index (χ0v) is 16.3. The van der Waals surface area contributed by atoms with E-state index in [0.29, 0.717) is 6.61 Å². The molecule has 0 spiro atoms. The summed E-state index contributed by atoms with van der Waals surface area (Å²) < 4.78 is 13.6. The number of para-hydroxylation sites is 4. The zero-order chi connectivity index (χ0) is 19.3. The lowest BCUT2D eigenvalue weighted by molar-refractivity contribution is 0.280. The van der Waals surface area contributed by atoms with Crippen LogP contribution < -0.4 is 9.47 Å². The zero-order valence-electron chi connectivity index (χ0n) is 16.3. The Balaban J connectivity index is 1.59. The number of imidazole rings is 1. The number of hydrogen-bond acceptors (Lipinski definition) is 3. The monoisotopic (exact) mass is 372 g/mol. The van der Waals surface area contributed by atoms with Crippen LogP contribution in [0.3, 0.4) is 0 Å². The SMILES string of the molecule is COc1ccccc1OCCn1c(Cc2ccccc2C)nc2ccccc21. The first kappa shape index (κ1) is 18.1. The lowest BCUT2D eigenvalue weighted by Gasteiger charge is -2.13. The molecule has 1 heterocycles. The highest BCUT2D eigenvalue weighted by Crippen LogP contribution is 2.26. The van der Waals surface area contributed by atoms with Gasteiger partial charge < -0.3 is 14.0 Å². The fraction of sp³-hybridized carbons (Fsp3) is 0.208. The number of fused-ring (bicyclic) bond motifs is 1. The summed E-state index contributed by atoms with van der Waals surface area (Å²) >= 11 is 0. The van der Waals surface area contributed by atoms with Crippen LogP contribution in [-0.2, 0) is 13.0 Å². The average Bonchev–Trinajstić information content (AvgIpc) is 3.07. The van der Waals surface area contributed by atoms with Crippen molar-refractivity contribution in [2.24, 2.45) is 0 Å². The Morgan fingerprint density at radius 2 is 1.57 bits per heavy atom. The Kier molecular flexibility index (Phi) is 5.29. The Labute approximate surface area is 165 Å². The summed E-state index contributed by atoms with van der Waals surface area (Å²) in [5, 5.41) is 0. The maximum absolute atomic E-state index is 6.01. The summed E-state index contributed by atoms with van der Waals surface area (Å²) in [6.07, 6.45) is 0.802. The van der Waals surface area contributed by atoms with Crippen molar-refractivity contribution in [1.29, 1.82) is 0 Å². The fourth-order valence-corrected chi connectivity index (χ4v) is 3.47. The number of benzene rings is 3. The summed E-state index contributed by atoms with van der Waals surface area (Å²) in [6.45, 7) is 3.41. The fourth-order valence-electron chi connectivity index (χ4n) is 3.47. The van der Waals surface area contributed by atoms with E-state index in [4.69, 9.17) is 14.5 Å². The minimum absolute atomic E-state index is 0.543. The van der Waals surface area contributed by atoms with Gasteiger partial charge in [-0.2, -0.15) is 0 Å². The molecule has 0 atom stereocenters. The molecule has 0 saturated carbocycles. The van der Waals surface area contributed by atoms with Crippen LogP contribution in [0.1, 0.15) is 17.0 Å². The molecule has 28 heavy (non-hydrogen) atoms. The number of hydrogen-bond donors (Lipinski definition) is 0. The molecule has 0 radical (unpaired) electrons. The second kappa shape index (κ2) is 8.17. The molecule has 4 heteroatoms. The predicted octanol–water partition coefficient (Wildman–Crippen LogP) is 5.02. The van der Waals surface area contributed by atoms with Gasteiger partial charge in [0.25, 0.3) is 0 Å². The van der Waals surface area contributed by atoms with Crippen LogP contribution in [0, 0.1) is 6.92 Å². The van der Waals surface area contributed by atoms with E-state index >= 15 is 0 Å². The van der Waals surface area contributed by atoms with Crippen molar-refractivity contribution in [1.82, 2.24) is 9.55 Å². The van der Waals surface area contributed by atoms with E-state index in [9.17, 15) is 0 Å². The van der Waals surface area contributed by atoms with E-state index in [1.165, 1.54) is 11.1 Å². The normalized spacial score (nSPS) is 10.9. The van der Waals surface area contributed by atoms with Gasteiger partial charge in [-0.25, -0.2) is 4.98 Å². The van der Waals surface area contributed by atoms with Crippen LogP contribution in [0.15, 0.2) is 72.8 Å². The number of aryl methyl sites for hydroxylation is 1. The number of rotatable bonds is 7. The molecular formula is C24H24N2O2. The minimum atomic E-state index is 0.543. The molecule has 142 valence electrons. The molecule has 0 bridgehead atoms. The smallest absolute Gasteiger partial charge is 0.161 e. The topological polar surface area (TPSA) is 36.3 Å². The van der Waals surface area contributed by atoms with E-state index in [2.05, 4.69) is 54.0 Å². The average molecular weight is 372 g/mol. The summed E-state index contributed by atoms with van der Waals surface area (Å²) in [5.41, 5.74) is 4.73. The second-order valence-electron chi connectivity index (χ2n) is 6.77. The number of ether oxygens (including phenoxy) is 2. The molecule has 4 rings (SSSR count). The third-order valence-corrected chi connectivity index (χ3v) is 4.98. The molecule has 0 amide bonds. The van der Waals surface area contributed by atoms with Crippen LogP contribution >= 0.6 is 0 Å². The van der Waals surface area contributed by atoms with Crippen molar-refractivity contribution in [2.45, 2.75) is 19.9 Å². The molecule has 0 aliphatic heterocycles. The third kappa shape index (κ3) is 3.72. The van der Waals surface area contributed by atoms with Gasteiger partial charge in [0.2, 0.25) is 0 Å². The predicted molar refractivity (Wildman–Crippen MR) is 112 cm³/mol. The van der Waals surface area contributed by atoms with E-state index < -0.39 is 0 Å². The van der Waals surface area contributed by atoms with Crippen LogP contribution in [-0.4, -0.2) is 23.3 Å². The van der Waals surface area contributed by atoms with Crippen molar-refractivity contribution in [3.63, 3.8) is 0 Å². The molecular weight excluding hydrogens is 348 g/mol. The van der Waals surface area contributed by atoms with E-state index in [-0.39, 0.29) is 0 Å². The quantitative estimate of drug-likeness (QED) is 0.457. The Morgan fingerprint density at radius 3 is 2.39 bits per heavy atom. The minimum Gasteiger partial charge on any atom is -0.493 e. The van der Waals surface area contributed by atoms with Gasteiger partial charge in [0.05, 0.1) is 24.7 Å². The summed E-state index contributed by atoms with van der Waals surface area (Å²) in [5.74, 6) is 2.56. The molecule has 0 unspecified atom stereocenters. The van der Waals surface area contributed by atoms with Gasteiger partial charge in [0, 0.05) is 6.42 Å². The molecule has 0 aliphatic rings. The molecule has 3 aromatic carbocycles. The van der Waals surface area contributed by atoms with E-state index in [1.54, 1.807) is 7.11 Å². The Hall–Kier alpha value is -3.27. The van der Waals surface area contributed by atoms with Gasteiger partial charge in [0.1, 0.15) is 12.4 Å². The molecule has 0 saturated heterocycles. The lowest BCUT2D eigenvalue weighted by Crippen LogP contribution is -2.12. The standard InChI is InChI=1S/C24H24N2O2/c1-18-9-3-4-10-19(18)17-24-25-20-11-5-6-12-21(20)26(24)15-16-28-23-14-8-7-13-22(23)27-2/h3-14H,15-17H2,1-2H3. The third-order valence-electron chi connectivity index (χ3n) is 4.98.